The summed E-state index contributed by atoms with van der Waals surface area (Å²) in [6.07, 6.45) is 1.99. The lowest BCUT2D eigenvalue weighted by molar-refractivity contribution is 0.213. The van der Waals surface area contributed by atoms with Gasteiger partial charge >= 0.3 is 0 Å². The van der Waals surface area contributed by atoms with Crippen molar-refractivity contribution >= 4 is 11.9 Å². The summed E-state index contributed by atoms with van der Waals surface area (Å²) >= 11 is 0. The quantitative estimate of drug-likeness (QED) is 0.604. The normalized spacial score (nSPS) is 11.0. The van der Waals surface area contributed by atoms with E-state index in [-0.39, 0.29) is 5.82 Å². The number of aryl methyl sites for hydroxylation is 1. The van der Waals surface area contributed by atoms with Crippen LogP contribution in [0.2, 0.25) is 0 Å². The van der Waals surface area contributed by atoms with Gasteiger partial charge in [0.1, 0.15) is 20.0 Å². The van der Waals surface area contributed by atoms with Crippen molar-refractivity contribution in [2.45, 2.75) is 20.3 Å². The molecule has 0 bridgehead atoms. The molecule has 0 aliphatic rings. The van der Waals surface area contributed by atoms with E-state index in [4.69, 9.17) is 0 Å². The Balaban J connectivity index is 0.000000240. The molecule has 0 atom stereocenters. The number of halogens is 1. The van der Waals surface area contributed by atoms with Crippen LogP contribution in [-0.2, 0) is 16.1 Å². The van der Waals surface area contributed by atoms with Crippen molar-refractivity contribution in [3.8, 4) is 0 Å². The van der Waals surface area contributed by atoms with Crippen LogP contribution in [0.4, 0.5) is 4.39 Å². The summed E-state index contributed by atoms with van der Waals surface area (Å²) in [5, 5.41) is 7.37. The topological polar surface area (TPSA) is 43.2 Å². The van der Waals surface area contributed by atoms with Gasteiger partial charge < -0.3 is 9.68 Å². The minimum Gasteiger partial charge on any atom is -0.399 e. The van der Waals surface area contributed by atoms with Crippen LogP contribution in [0.5, 0.6) is 0 Å². The number of hydrogen-bond acceptors (Lipinski definition) is 4. The lowest BCUT2D eigenvalue weighted by Gasteiger charge is -2.00. The van der Waals surface area contributed by atoms with Gasteiger partial charge in [0.25, 0.3) is 0 Å². The van der Waals surface area contributed by atoms with E-state index < -0.39 is 0 Å². The summed E-state index contributed by atoms with van der Waals surface area (Å²) in [7, 11) is 3.01. The van der Waals surface area contributed by atoms with Crippen LogP contribution in [0.25, 0.3) is 0 Å². The Morgan fingerprint density at radius 3 is 2.46 bits per heavy atom. The fourth-order valence-corrected chi connectivity index (χ4v) is 1.93. The lowest BCUT2D eigenvalue weighted by Crippen LogP contribution is -1.95. The Morgan fingerprint density at radius 2 is 1.83 bits per heavy atom. The zero-order chi connectivity index (χ0) is 17.8. The lowest BCUT2D eigenvalue weighted by atomic mass is 10.1. The van der Waals surface area contributed by atoms with Gasteiger partial charge in [0.2, 0.25) is 0 Å². The zero-order valence-electron chi connectivity index (χ0n) is 14.5. The van der Waals surface area contributed by atoms with Crippen LogP contribution in [-0.4, -0.2) is 26.1 Å². The van der Waals surface area contributed by atoms with Gasteiger partial charge in [-0.3, -0.25) is 0 Å². The molecule has 0 aromatic heterocycles. The highest BCUT2D eigenvalue weighted by atomic mass is 19.1. The molecule has 0 fully saturated rings. The van der Waals surface area contributed by atoms with Crippen molar-refractivity contribution in [3.63, 3.8) is 0 Å². The van der Waals surface area contributed by atoms with Gasteiger partial charge in [-0.05, 0) is 31.0 Å². The molecule has 0 N–H and O–H groups in total. The van der Waals surface area contributed by atoms with Crippen LogP contribution < -0.4 is 0 Å². The molecule has 2 rings (SSSR count). The highest BCUT2D eigenvalue weighted by molar-refractivity contribution is 5.98. The van der Waals surface area contributed by atoms with E-state index in [1.54, 1.807) is 25.3 Å². The zero-order valence-corrected chi connectivity index (χ0v) is 14.5. The maximum atomic E-state index is 12.9. The number of nitrogens with zero attached hydrogens (tertiary/aromatic N) is 2. The summed E-state index contributed by atoms with van der Waals surface area (Å²) in [6.45, 7) is 3.99. The molecule has 0 saturated heterocycles. The Kier molecular flexibility index (Phi) is 8.82. The number of hydrogen-bond donors (Lipinski definition) is 0. The second-order valence-corrected chi connectivity index (χ2v) is 4.99. The van der Waals surface area contributed by atoms with Gasteiger partial charge in [-0.2, -0.15) is 0 Å². The molecule has 0 aliphatic carbocycles. The molecule has 0 spiro atoms. The Labute approximate surface area is 142 Å². The maximum Gasteiger partial charge on any atom is 0.126 e. The first-order valence-electron chi connectivity index (χ1n) is 7.51. The average Bonchev–Trinajstić information content (AvgIpc) is 2.58. The molecule has 24 heavy (non-hydrogen) atoms. The van der Waals surface area contributed by atoms with Crippen LogP contribution in [0, 0.1) is 12.7 Å². The molecule has 5 heteroatoms. The maximum absolute atomic E-state index is 12.9. The van der Waals surface area contributed by atoms with Crippen molar-refractivity contribution in [2.75, 3.05) is 14.2 Å². The van der Waals surface area contributed by atoms with Crippen LogP contribution in [0.1, 0.15) is 23.6 Å². The molecule has 0 aliphatic heterocycles. The number of rotatable bonds is 5. The molecule has 0 heterocycles. The van der Waals surface area contributed by atoms with Gasteiger partial charge in [-0.25, -0.2) is 4.39 Å². The molecular weight excluding hydrogens is 307 g/mol. The van der Waals surface area contributed by atoms with E-state index in [1.165, 1.54) is 25.0 Å². The largest absolute Gasteiger partial charge is 0.399 e. The van der Waals surface area contributed by atoms with Gasteiger partial charge in [-0.1, -0.05) is 58.3 Å². The molecular formula is C19H23FN2O2. The van der Waals surface area contributed by atoms with E-state index in [1.807, 2.05) is 19.1 Å². The van der Waals surface area contributed by atoms with E-state index >= 15 is 0 Å². The monoisotopic (exact) mass is 330 g/mol. The van der Waals surface area contributed by atoms with Crippen molar-refractivity contribution in [1.82, 2.24) is 0 Å². The van der Waals surface area contributed by atoms with Crippen LogP contribution >= 0.6 is 0 Å². The first-order chi connectivity index (χ1) is 11.6. The Hall–Kier alpha value is -2.69. The fourth-order valence-electron chi connectivity index (χ4n) is 1.93. The van der Waals surface area contributed by atoms with E-state index in [9.17, 15) is 4.39 Å². The van der Waals surface area contributed by atoms with E-state index in [0.717, 1.165) is 11.3 Å². The van der Waals surface area contributed by atoms with Gasteiger partial charge in [-0.15, -0.1) is 0 Å². The van der Waals surface area contributed by atoms with Crippen molar-refractivity contribution < 1.29 is 14.1 Å². The second kappa shape index (κ2) is 10.9. The van der Waals surface area contributed by atoms with Gasteiger partial charge in [0.15, 0.2) is 0 Å². The SMILES string of the molecule is CON=C(C)c1cccc(C)c1.CON=CCc1ccccc1F. The molecule has 0 amide bonds. The molecule has 0 radical (unpaired) electrons. The summed E-state index contributed by atoms with van der Waals surface area (Å²) in [4.78, 5) is 9.14. The third-order valence-corrected chi connectivity index (χ3v) is 3.11. The summed E-state index contributed by atoms with van der Waals surface area (Å²) in [6, 6.07) is 14.8. The molecule has 4 nitrogen and oxygen atoms in total. The van der Waals surface area contributed by atoms with Gasteiger partial charge in [0, 0.05) is 12.6 Å². The highest BCUT2D eigenvalue weighted by Crippen LogP contribution is 2.06. The summed E-state index contributed by atoms with van der Waals surface area (Å²) in [5.74, 6) is -0.208. The third kappa shape index (κ3) is 7.05. The number of oxime groups is 2. The minimum atomic E-state index is -0.208. The average molecular weight is 330 g/mol. The van der Waals surface area contributed by atoms with E-state index in [2.05, 4.69) is 39.0 Å². The first-order valence-corrected chi connectivity index (χ1v) is 7.51. The van der Waals surface area contributed by atoms with Crippen LogP contribution in [0.15, 0.2) is 58.8 Å². The Bertz CT molecular complexity index is 685. The smallest absolute Gasteiger partial charge is 0.126 e. The molecule has 2 aromatic carbocycles. The molecule has 0 saturated carbocycles. The first kappa shape index (κ1) is 19.4. The Morgan fingerprint density at radius 1 is 1.08 bits per heavy atom. The number of benzene rings is 2. The fraction of sp³-hybridized carbons (Fsp3) is 0.263. The minimum absolute atomic E-state index is 0.208. The second-order valence-electron chi connectivity index (χ2n) is 4.99. The van der Waals surface area contributed by atoms with Gasteiger partial charge in [0.05, 0.1) is 5.71 Å². The summed E-state index contributed by atoms with van der Waals surface area (Å²) < 4.78 is 12.9. The predicted molar refractivity (Wildman–Crippen MR) is 96.0 cm³/mol. The highest BCUT2D eigenvalue weighted by Gasteiger charge is 1.97. The van der Waals surface area contributed by atoms with Crippen LogP contribution in [0.3, 0.4) is 0 Å². The molecule has 0 unspecified atom stereocenters. The van der Waals surface area contributed by atoms with Crippen molar-refractivity contribution in [1.29, 1.82) is 0 Å². The van der Waals surface area contributed by atoms with Crippen molar-refractivity contribution in [2.24, 2.45) is 10.3 Å². The third-order valence-electron chi connectivity index (χ3n) is 3.11. The van der Waals surface area contributed by atoms with Crippen molar-refractivity contribution in [3.05, 3.63) is 71.0 Å². The standard InChI is InChI=1S/C10H13NO.C9H10FNO/c1-8-5-4-6-10(7-8)9(2)11-12-3;1-12-11-7-6-8-4-2-3-5-9(8)10/h4-7H,1-3H3;2-5,7H,6H2,1H3. The molecule has 128 valence electrons. The summed E-state index contributed by atoms with van der Waals surface area (Å²) in [5.41, 5.74) is 3.87. The predicted octanol–water partition coefficient (Wildman–Crippen LogP) is 4.37. The van der Waals surface area contributed by atoms with E-state index in [0.29, 0.717) is 12.0 Å². The molecule has 2 aromatic rings.